The molecule has 3 N–H and O–H groups in total. The van der Waals surface area contributed by atoms with Gasteiger partial charge in [-0.15, -0.1) is 0 Å². The van der Waals surface area contributed by atoms with Crippen LogP contribution < -0.4 is 14.9 Å². The summed E-state index contributed by atoms with van der Waals surface area (Å²) in [5.41, 5.74) is 1.70. The van der Waals surface area contributed by atoms with E-state index in [2.05, 4.69) is 10.6 Å². The monoisotopic (exact) mass is 471 g/mol. The largest absolute Gasteiger partial charge is 0.356 e. The summed E-state index contributed by atoms with van der Waals surface area (Å²) in [4.78, 5) is 23.0. The molecule has 2 rings (SSSR count). The zero-order valence-electron chi connectivity index (χ0n) is 16.4. The van der Waals surface area contributed by atoms with Gasteiger partial charge in [-0.2, -0.15) is 0 Å². The van der Waals surface area contributed by atoms with Crippen LogP contribution in [-0.4, -0.2) is 40.2 Å². The zero-order chi connectivity index (χ0) is 22.1. The number of amides is 2. The topological polar surface area (TPSA) is 98.7 Å². The number of benzene rings is 2. The first-order valence-electron chi connectivity index (χ1n) is 9.23. The van der Waals surface area contributed by atoms with E-state index in [-0.39, 0.29) is 18.4 Å². The maximum Gasteiger partial charge on any atom is 0.261 e. The molecule has 7 nitrogen and oxygen atoms in total. The maximum absolute atomic E-state index is 12.2. The van der Waals surface area contributed by atoms with E-state index in [1.807, 2.05) is 6.07 Å². The van der Waals surface area contributed by atoms with Gasteiger partial charge >= 0.3 is 0 Å². The molecule has 2 amide bonds. The minimum Gasteiger partial charge on any atom is -0.356 e. The van der Waals surface area contributed by atoms with Crippen molar-refractivity contribution in [2.24, 2.45) is 0 Å². The van der Waals surface area contributed by atoms with E-state index in [1.165, 1.54) is 11.2 Å². The van der Waals surface area contributed by atoms with Gasteiger partial charge in [0, 0.05) is 32.1 Å². The van der Waals surface area contributed by atoms with Gasteiger partial charge in [-0.05, 0) is 48.7 Å². The predicted octanol–water partition coefficient (Wildman–Crippen LogP) is 3.44. The molecule has 0 aliphatic heterocycles. The number of anilines is 1. The Morgan fingerprint density at radius 3 is 2.37 bits per heavy atom. The fourth-order valence-corrected chi connectivity index (χ4v) is 3.66. The van der Waals surface area contributed by atoms with Gasteiger partial charge in [-0.1, -0.05) is 35.3 Å². The molecule has 2 aromatic rings. The van der Waals surface area contributed by atoms with E-state index in [9.17, 15) is 18.4 Å². The van der Waals surface area contributed by atoms with E-state index in [0.717, 1.165) is 5.56 Å². The van der Waals surface area contributed by atoms with Crippen molar-refractivity contribution in [3.05, 3.63) is 63.6 Å². The van der Waals surface area contributed by atoms with Gasteiger partial charge in [-0.3, -0.25) is 18.4 Å². The van der Waals surface area contributed by atoms with Crippen molar-refractivity contribution in [2.75, 3.05) is 23.9 Å². The Balaban J connectivity index is 1.96. The van der Waals surface area contributed by atoms with Crippen molar-refractivity contribution in [3.63, 3.8) is 0 Å². The van der Waals surface area contributed by atoms with Crippen molar-refractivity contribution in [1.82, 2.24) is 10.6 Å². The fourth-order valence-electron chi connectivity index (χ4n) is 2.70. The number of rotatable bonds is 10. The second-order valence-corrected chi connectivity index (χ2v) is 8.12. The smallest absolute Gasteiger partial charge is 0.261 e. The number of halogens is 2. The highest BCUT2D eigenvalue weighted by molar-refractivity contribution is 7.80. The van der Waals surface area contributed by atoms with Gasteiger partial charge in [0.15, 0.2) is 0 Å². The van der Waals surface area contributed by atoms with Crippen LogP contribution in [0, 0.1) is 0 Å². The van der Waals surface area contributed by atoms with Crippen LogP contribution in [0.3, 0.4) is 0 Å². The average molecular weight is 472 g/mol. The minimum atomic E-state index is -2.25. The van der Waals surface area contributed by atoms with Gasteiger partial charge < -0.3 is 10.6 Å². The molecule has 0 saturated carbocycles. The van der Waals surface area contributed by atoms with Crippen LogP contribution in [0.2, 0.25) is 10.0 Å². The standard InChI is InChI=1S/C20H23Cl2N3O4S/c1-14(26)23-11-3-12-24-20(27)16-6-8-17(9-7-16)25(30(28)29)13-10-15-4-2-5-18(21)19(15)22/h2,4-9H,3,10-13H2,1H3,(H,23,26)(H,24,27)(H,28,29). The van der Waals surface area contributed by atoms with Crippen molar-refractivity contribution in [2.45, 2.75) is 19.8 Å². The number of carbonyl (C=O) groups is 2. The highest BCUT2D eigenvalue weighted by Crippen LogP contribution is 2.26. The molecule has 0 bridgehead atoms. The van der Waals surface area contributed by atoms with E-state index < -0.39 is 11.3 Å². The summed E-state index contributed by atoms with van der Waals surface area (Å²) >= 11 is 9.95. The molecule has 30 heavy (non-hydrogen) atoms. The average Bonchev–Trinajstić information content (AvgIpc) is 2.70. The van der Waals surface area contributed by atoms with Crippen LogP contribution in [0.25, 0.3) is 0 Å². The van der Waals surface area contributed by atoms with Gasteiger partial charge in [0.05, 0.1) is 15.7 Å². The number of hydrogen-bond donors (Lipinski definition) is 3. The van der Waals surface area contributed by atoms with Crippen LogP contribution in [0.15, 0.2) is 42.5 Å². The van der Waals surface area contributed by atoms with Gasteiger partial charge in [0.1, 0.15) is 0 Å². The third-order valence-corrected chi connectivity index (χ3v) is 5.86. The molecule has 0 aromatic heterocycles. The van der Waals surface area contributed by atoms with Gasteiger partial charge in [0.2, 0.25) is 5.91 Å². The zero-order valence-corrected chi connectivity index (χ0v) is 18.7. The molecule has 162 valence electrons. The third-order valence-electron chi connectivity index (χ3n) is 4.23. The molecule has 0 heterocycles. The summed E-state index contributed by atoms with van der Waals surface area (Å²) in [6, 6.07) is 11.7. The van der Waals surface area contributed by atoms with E-state index in [4.69, 9.17) is 23.2 Å². The summed E-state index contributed by atoms with van der Waals surface area (Å²) < 4.78 is 22.8. The quantitative estimate of drug-likeness (QED) is 0.365. The molecule has 0 saturated heterocycles. The van der Waals surface area contributed by atoms with Crippen LogP contribution >= 0.6 is 23.2 Å². The molecule has 0 spiro atoms. The summed E-state index contributed by atoms with van der Waals surface area (Å²) in [6.45, 7) is 2.58. The molecular formula is C20H23Cl2N3O4S. The number of hydrogen-bond acceptors (Lipinski definition) is 3. The van der Waals surface area contributed by atoms with Gasteiger partial charge in [-0.25, -0.2) is 4.21 Å². The third kappa shape index (κ3) is 7.28. The Labute approximate surface area is 188 Å². The molecular weight excluding hydrogens is 449 g/mol. The van der Waals surface area contributed by atoms with E-state index in [0.29, 0.717) is 47.2 Å². The second kappa shape index (κ2) is 11.9. The molecule has 0 radical (unpaired) electrons. The number of carbonyl (C=O) groups excluding carboxylic acids is 2. The highest BCUT2D eigenvalue weighted by atomic mass is 35.5. The van der Waals surface area contributed by atoms with E-state index >= 15 is 0 Å². The van der Waals surface area contributed by atoms with E-state index in [1.54, 1.807) is 36.4 Å². The first-order valence-corrected chi connectivity index (χ1v) is 11.1. The Kier molecular flexibility index (Phi) is 9.58. The van der Waals surface area contributed by atoms with Gasteiger partial charge in [0.25, 0.3) is 17.2 Å². The van der Waals surface area contributed by atoms with Crippen molar-refractivity contribution < 1.29 is 18.4 Å². The predicted molar refractivity (Wildman–Crippen MR) is 120 cm³/mol. The molecule has 0 fully saturated rings. The highest BCUT2D eigenvalue weighted by Gasteiger charge is 2.15. The maximum atomic E-state index is 12.2. The molecule has 1 unspecified atom stereocenters. The minimum absolute atomic E-state index is 0.111. The van der Waals surface area contributed by atoms with Crippen molar-refractivity contribution in [1.29, 1.82) is 0 Å². The molecule has 0 aliphatic rings. The lowest BCUT2D eigenvalue weighted by Crippen LogP contribution is -2.29. The second-order valence-electron chi connectivity index (χ2n) is 6.44. The molecule has 10 heteroatoms. The Hall–Kier alpha value is -2.13. The lowest BCUT2D eigenvalue weighted by Gasteiger charge is -2.20. The fraction of sp³-hybridized carbons (Fsp3) is 0.300. The Morgan fingerprint density at radius 1 is 1.07 bits per heavy atom. The van der Waals surface area contributed by atoms with Crippen LogP contribution in [-0.2, 0) is 22.5 Å². The first-order chi connectivity index (χ1) is 14.3. The molecule has 0 aliphatic carbocycles. The SMILES string of the molecule is CC(=O)NCCCNC(=O)c1ccc(N(CCc2cccc(Cl)c2Cl)S(=O)O)cc1. The summed E-state index contributed by atoms with van der Waals surface area (Å²) in [7, 11) is 0. The number of nitrogens with zero attached hydrogens (tertiary/aromatic N) is 1. The molecule has 2 aromatic carbocycles. The van der Waals surface area contributed by atoms with Crippen LogP contribution in [0.4, 0.5) is 5.69 Å². The normalized spacial score (nSPS) is 11.6. The van der Waals surface area contributed by atoms with Crippen LogP contribution in [0.1, 0.15) is 29.3 Å². The summed E-state index contributed by atoms with van der Waals surface area (Å²) in [6.07, 6.45) is 1.04. The Bertz CT molecular complexity index is 909. The van der Waals surface area contributed by atoms with Crippen molar-refractivity contribution >= 4 is 52.0 Å². The molecule has 1 atom stereocenters. The lowest BCUT2D eigenvalue weighted by atomic mass is 10.1. The lowest BCUT2D eigenvalue weighted by molar-refractivity contribution is -0.118. The first kappa shape index (κ1) is 24.1. The number of nitrogens with one attached hydrogen (secondary N) is 2. The van der Waals surface area contributed by atoms with Crippen LogP contribution in [0.5, 0.6) is 0 Å². The summed E-state index contributed by atoms with van der Waals surface area (Å²) in [5.74, 6) is -0.368. The van der Waals surface area contributed by atoms with Crippen molar-refractivity contribution in [3.8, 4) is 0 Å². The summed E-state index contributed by atoms with van der Waals surface area (Å²) in [5, 5.41) is 6.27. The Morgan fingerprint density at radius 2 is 1.73 bits per heavy atom.